The third-order valence-corrected chi connectivity index (χ3v) is 6.21. The third kappa shape index (κ3) is 3.14. The Morgan fingerprint density at radius 2 is 1.82 bits per heavy atom. The number of rotatable bonds is 5. The van der Waals surface area contributed by atoms with Crippen molar-refractivity contribution >= 4 is 11.0 Å². The molecule has 4 aromatic heterocycles. The van der Waals surface area contributed by atoms with Crippen LogP contribution in [0.5, 0.6) is 0 Å². The van der Waals surface area contributed by atoms with Crippen LogP contribution in [-0.2, 0) is 5.60 Å². The summed E-state index contributed by atoms with van der Waals surface area (Å²) in [5.41, 5.74) is 3.29. The van der Waals surface area contributed by atoms with E-state index in [1.807, 2.05) is 38.1 Å². The van der Waals surface area contributed by atoms with Gasteiger partial charge in [0.1, 0.15) is 11.6 Å². The van der Waals surface area contributed by atoms with E-state index in [1.54, 1.807) is 30.7 Å². The molecular weight excluding hydrogens is 416 g/mol. The number of imidazole rings is 1. The zero-order valence-electron chi connectivity index (χ0n) is 18.3. The van der Waals surface area contributed by atoms with Gasteiger partial charge in [0.15, 0.2) is 11.4 Å². The number of aryl methyl sites for hydroxylation is 2. The van der Waals surface area contributed by atoms with E-state index in [1.165, 1.54) is 0 Å². The summed E-state index contributed by atoms with van der Waals surface area (Å²) < 4.78 is 5.43. The van der Waals surface area contributed by atoms with Crippen molar-refractivity contribution in [2.45, 2.75) is 38.2 Å². The zero-order valence-corrected chi connectivity index (χ0v) is 18.3. The lowest BCUT2D eigenvalue weighted by Crippen LogP contribution is -2.32. The van der Waals surface area contributed by atoms with Crippen molar-refractivity contribution < 1.29 is 9.63 Å². The predicted molar refractivity (Wildman–Crippen MR) is 121 cm³/mol. The minimum absolute atomic E-state index is 0.233. The van der Waals surface area contributed by atoms with Crippen LogP contribution in [0.3, 0.4) is 0 Å². The molecule has 0 unspecified atom stereocenters. The Morgan fingerprint density at radius 3 is 2.48 bits per heavy atom. The van der Waals surface area contributed by atoms with Gasteiger partial charge < -0.3 is 14.6 Å². The Morgan fingerprint density at radius 1 is 1.03 bits per heavy atom. The van der Waals surface area contributed by atoms with Crippen molar-refractivity contribution in [3.63, 3.8) is 0 Å². The van der Waals surface area contributed by atoms with Gasteiger partial charge in [-0.2, -0.15) is 0 Å². The summed E-state index contributed by atoms with van der Waals surface area (Å²) in [5.74, 6) is 2.29. The Labute approximate surface area is 189 Å². The van der Waals surface area contributed by atoms with Gasteiger partial charge in [-0.3, -0.25) is 4.98 Å². The molecule has 0 radical (unpaired) electrons. The Balaban J connectivity index is 1.70. The number of fused-ring (bicyclic) bond motifs is 1. The van der Waals surface area contributed by atoms with Gasteiger partial charge in [-0.25, -0.2) is 15.0 Å². The lowest BCUT2D eigenvalue weighted by atomic mass is 9.85. The van der Waals surface area contributed by atoms with E-state index >= 15 is 0 Å². The number of nitrogens with one attached hydrogen (secondary N) is 1. The lowest BCUT2D eigenvalue weighted by Gasteiger charge is -2.27. The fourth-order valence-electron chi connectivity index (χ4n) is 4.44. The van der Waals surface area contributed by atoms with Gasteiger partial charge in [-0.05, 0) is 62.6 Å². The van der Waals surface area contributed by atoms with Crippen molar-refractivity contribution in [2.24, 2.45) is 0 Å². The van der Waals surface area contributed by atoms with Crippen LogP contribution < -0.4 is 0 Å². The van der Waals surface area contributed by atoms with Crippen molar-refractivity contribution in [1.29, 1.82) is 0 Å². The van der Waals surface area contributed by atoms with Crippen LogP contribution in [0, 0.1) is 13.8 Å². The molecule has 33 heavy (non-hydrogen) atoms. The summed E-state index contributed by atoms with van der Waals surface area (Å²) in [6.07, 6.45) is 7.10. The number of benzene rings is 1. The van der Waals surface area contributed by atoms with E-state index in [9.17, 15) is 5.11 Å². The molecule has 0 amide bonds. The second kappa shape index (κ2) is 7.31. The summed E-state index contributed by atoms with van der Waals surface area (Å²) >= 11 is 0. The molecule has 8 nitrogen and oxygen atoms in total. The first-order valence-electron chi connectivity index (χ1n) is 10.9. The smallest absolute Gasteiger partial charge is 0.194 e. The SMILES string of the molecule is Cc1noc(C)c1-c1cc([C@](O)(c2ccccn2)c2ncccn2)c2nc(C3CC3)[nH]c2c1. The van der Waals surface area contributed by atoms with Gasteiger partial charge >= 0.3 is 0 Å². The second-order valence-corrected chi connectivity index (χ2v) is 8.51. The molecule has 0 spiro atoms. The first-order valence-corrected chi connectivity index (χ1v) is 10.9. The number of hydrogen-bond donors (Lipinski definition) is 2. The molecule has 8 heteroatoms. The number of hydrogen-bond acceptors (Lipinski definition) is 7. The summed E-state index contributed by atoms with van der Waals surface area (Å²) in [6, 6.07) is 11.1. The Hall–Kier alpha value is -3.91. The fraction of sp³-hybridized carbons (Fsp3) is 0.240. The van der Waals surface area contributed by atoms with E-state index in [2.05, 4.69) is 25.1 Å². The first-order chi connectivity index (χ1) is 16.1. The number of aromatic amines is 1. The van der Waals surface area contributed by atoms with Crippen LogP contribution in [0.4, 0.5) is 0 Å². The molecule has 1 atom stereocenters. The quantitative estimate of drug-likeness (QED) is 0.423. The molecule has 5 aromatic rings. The molecule has 0 bridgehead atoms. The molecule has 1 aliphatic carbocycles. The first kappa shape index (κ1) is 19.8. The molecular formula is C25H22N6O2. The number of aromatic nitrogens is 6. The summed E-state index contributed by atoms with van der Waals surface area (Å²) in [5, 5.41) is 16.5. The number of aliphatic hydroxyl groups is 1. The third-order valence-electron chi connectivity index (χ3n) is 6.21. The number of pyridine rings is 1. The maximum Gasteiger partial charge on any atom is 0.194 e. The van der Waals surface area contributed by atoms with E-state index in [-0.39, 0.29) is 5.82 Å². The highest BCUT2D eigenvalue weighted by atomic mass is 16.5. The summed E-state index contributed by atoms with van der Waals surface area (Å²) in [6.45, 7) is 3.79. The topological polar surface area (TPSA) is 114 Å². The number of nitrogens with zero attached hydrogens (tertiary/aromatic N) is 5. The molecule has 0 aliphatic heterocycles. The van der Waals surface area contributed by atoms with Crippen molar-refractivity contribution in [3.05, 3.63) is 89.3 Å². The highest BCUT2D eigenvalue weighted by molar-refractivity contribution is 5.88. The van der Waals surface area contributed by atoms with Crippen LogP contribution in [0.25, 0.3) is 22.2 Å². The highest BCUT2D eigenvalue weighted by Crippen LogP contribution is 2.43. The van der Waals surface area contributed by atoms with Crippen LogP contribution in [0.2, 0.25) is 0 Å². The second-order valence-electron chi connectivity index (χ2n) is 8.51. The van der Waals surface area contributed by atoms with Crippen LogP contribution in [-0.4, -0.2) is 35.2 Å². The van der Waals surface area contributed by atoms with Gasteiger partial charge in [-0.15, -0.1) is 0 Å². The van der Waals surface area contributed by atoms with Gasteiger partial charge in [-0.1, -0.05) is 11.2 Å². The van der Waals surface area contributed by atoms with E-state index in [0.717, 1.165) is 41.0 Å². The van der Waals surface area contributed by atoms with E-state index in [0.29, 0.717) is 28.5 Å². The Kier molecular flexibility index (Phi) is 4.38. The molecule has 2 N–H and O–H groups in total. The zero-order chi connectivity index (χ0) is 22.6. The van der Waals surface area contributed by atoms with Crippen LogP contribution >= 0.6 is 0 Å². The minimum Gasteiger partial charge on any atom is -0.372 e. The monoisotopic (exact) mass is 438 g/mol. The molecule has 1 fully saturated rings. The molecule has 6 rings (SSSR count). The van der Waals surface area contributed by atoms with Gasteiger partial charge in [0.25, 0.3) is 0 Å². The van der Waals surface area contributed by atoms with Gasteiger partial charge in [0.05, 0.1) is 22.4 Å². The number of H-pyrrole nitrogens is 1. The summed E-state index contributed by atoms with van der Waals surface area (Å²) in [4.78, 5) is 21.7. The maximum absolute atomic E-state index is 12.4. The minimum atomic E-state index is -1.72. The fourth-order valence-corrected chi connectivity index (χ4v) is 4.44. The lowest BCUT2D eigenvalue weighted by molar-refractivity contribution is 0.112. The van der Waals surface area contributed by atoms with E-state index in [4.69, 9.17) is 9.51 Å². The largest absolute Gasteiger partial charge is 0.372 e. The van der Waals surface area contributed by atoms with Crippen LogP contribution in [0.15, 0.2) is 59.5 Å². The maximum atomic E-state index is 12.4. The van der Waals surface area contributed by atoms with Crippen molar-refractivity contribution in [3.8, 4) is 11.1 Å². The van der Waals surface area contributed by atoms with Gasteiger partial charge in [0.2, 0.25) is 0 Å². The van der Waals surface area contributed by atoms with Crippen LogP contribution in [0.1, 0.15) is 53.1 Å². The normalized spacial score (nSPS) is 15.6. The molecule has 164 valence electrons. The Bertz CT molecular complexity index is 1400. The molecule has 1 saturated carbocycles. The summed E-state index contributed by atoms with van der Waals surface area (Å²) in [7, 11) is 0. The predicted octanol–water partition coefficient (Wildman–Crippen LogP) is 4.18. The molecule has 4 heterocycles. The molecule has 1 aromatic carbocycles. The van der Waals surface area contributed by atoms with E-state index < -0.39 is 5.60 Å². The standard InChI is InChI=1S/C25H22N6O2/c1-14-21(15(2)33-31-14)17-12-18(22-19(13-17)29-23(30-22)16-7-8-16)25(32,20-6-3-4-9-26-20)24-27-10-5-11-28-24/h3-6,9-13,16,32H,7-8H2,1-2H3,(H,29,30)/t25-/m0/s1. The average Bonchev–Trinajstić information content (AvgIpc) is 3.53. The molecule has 1 aliphatic rings. The van der Waals surface area contributed by atoms with Crippen molar-refractivity contribution in [2.75, 3.05) is 0 Å². The molecule has 0 saturated heterocycles. The highest BCUT2D eigenvalue weighted by Gasteiger charge is 2.41. The average molecular weight is 438 g/mol. The van der Waals surface area contributed by atoms with Crippen molar-refractivity contribution in [1.82, 2.24) is 30.1 Å². The van der Waals surface area contributed by atoms with Gasteiger partial charge in [0, 0.05) is 35.6 Å².